The third kappa shape index (κ3) is 4.45. The SMILES string of the molecule is CCc1cccc(CC)c1NC(=O)c1cccc(OCc2cn3cccc(C)c3n2)c1. The van der Waals surface area contributed by atoms with Crippen molar-refractivity contribution in [1.29, 1.82) is 0 Å². The summed E-state index contributed by atoms with van der Waals surface area (Å²) in [6.45, 7) is 6.57. The lowest BCUT2D eigenvalue weighted by Gasteiger charge is -2.15. The molecule has 2 aromatic carbocycles. The monoisotopic (exact) mass is 413 g/mol. The average molecular weight is 414 g/mol. The van der Waals surface area contributed by atoms with E-state index in [2.05, 4.69) is 36.3 Å². The number of fused-ring (bicyclic) bond motifs is 1. The van der Waals surface area contributed by atoms with Gasteiger partial charge < -0.3 is 14.5 Å². The second-order valence-electron chi connectivity index (χ2n) is 7.58. The predicted molar refractivity (Wildman–Crippen MR) is 124 cm³/mol. The van der Waals surface area contributed by atoms with E-state index in [4.69, 9.17) is 4.74 Å². The van der Waals surface area contributed by atoms with Gasteiger partial charge >= 0.3 is 0 Å². The van der Waals surface area contributed by atoms with Crippen molar-refractivity contribution >= 4 is 17.2 Å². The normalized spacial score (nSPS) is 10.9. The largest absolute Gasteiger partial charge is 0.487 e. The highest BCUT2D eigenvalue weighted by Crippen LogP contribution is 2.24. The Balaban J connectivity index is 1.49. The van der Waals surface area contributed by atoms with Gasteiger partial charge in [-0.05, 0) is 60.7 Å². The van der Waals surface area contributed by atoms with Crippen molar-refractivity contribution in [1.82, 2.24) is 9.38 Å². The number of benzene rings is 2. The van der Waals surface area contributed by atoms with Crippen molar-refractivity contribution in [3.63, 3.8) is 0 Å². The van der Waals surface area contributed by atoms with E-state index in [1.54, 1.807) is 12.1 Å². The molecule has 4 aromatic rings. The molecule has 0 aliphatic rings. The van der Waals surface area contributed by atoms with E-state index in [-0.39, 0.29) is 5.91 Å². The number of ether oxygens (including phenoxy) is 1. The van der Waals surface area contributed by atoms with Crippen LogP contribution in [-0.4, -0.2) is 15.3 Å². The molecule has 4 rings (SSSR count). The van der Waals surface area contributed by atoms with Gasteiger partial charge in [0.05, 0.1) is 5.69 Å². The molecular formula is C26H27N3O2. The Morgan fingerprint density at radius 3 is 2.48 bits per heavy atom. The van der Waals surface area contributed by atoms with Crippen molar-refractivity contribution in [3.8, 4) is 5.75 Å². The van der Waals surface area contributed by atoms with Crippen LogP contribution in [0.4, 0.5) is 5.69 Å². The molecule has 2 aromatic heterocycles. The number of anilines is 1. The molecule has 0 fully saturated rings. The molecule has 0 saturated heterocycles. The van der Waals surface area contributed by atoms with Gasteiger partial charge in [0.2, 0.25) is 0 Å². The van der Waals surface area contributed by atoms with Crippen molar-refractivity contribution in [2.24, 2.45) is 0 Å². The van der Waals surface area contributed by atoms with Gasteiger partial charge in [-0.15, -0.1) is 0 Å². The summed E-state index contributed by atoms with van der Waals surface area (Å²) in [5.74, 6) is 0.505. The number of imidazole rings is 1. The summed E-state index contributed by atoms with van der Waals surface area (Å²) < 4.78 is 7.93. The van der Waals surface area contributed by atoms with E-state index in [0.29, 0.717) is 17.9 Å². The van der Waals surface area contributed by atoms with Crippen LogP contribution in [0.5, 0.6) is 5.75 Å². The Hall–Kier alpha value is -3.60. The topological polar surface area (TPSA) is 55.6 Å². The zero-order valence-electron chi connectivity index (χ0n) is 18.2. The van der Waals surface area contributed by atoms with Crippen LogP contribution in [0.15, 0.2) is 67.0 Å². The summed E-state index contributed by atoms with van der Waals surface area (Å²) in [5.41, 5.74) is 6.65. The fraction of sp³-hybridized carbons (Fsp3) is 0.231. The molecule has 5 nitrogen and oxygen atoms in total. The predicted octanol–water partition coefficient (Wildman–Crippen LogP) is 5.60. The van der Waals surface area contributed by atoms with Crippen molar-refractivity contribution in [3.05, 3.63) is 94.9 Å². The van der Waals surface area contributed by atoms with Gasteiger partial charge in [-0.1, -0.05) is 44.2 Å². The van der Waals surface area contributed by atoms with Crippen LogP contribution in [0.1, 0.15) is 46.6 Å². The number of nitrogens with one attached hydrogen (secondary N) is 1. The van der Waals surface area contributed by atoms with Crippen molar-refractivity contribution < 1.29 is 9.53 Å². The molecule has 0 aliphatic carbocycles. The third-order valence-electron chi connectivity index (χ3n) is 5.45. The number of nitrogens with zero attached hydrogens (tertiary/aromatic N) is 2. The fourth-order valence-electron chi connectivity index (χ4n) is 3.75. The molecule has 158 valence electrons. The minimum atomic E-state index is -0.135. The van der Waals surface area contributed by atoms with Gasteiger partial charge in [-0.2, -0.15) is 0 Å². The first-order valence-corrected chi connectivity index (χ1v) is 10.7. The second kappa shape index (κ2) is 9.04. The average Bonchev–Trinajstić information content (AvgIpc) is 3.22. The number of carbonyl (C=O) groups excluding carboxylic acids is 1. The fourth-order valence-corrected chi connectivity index (χ4v) is 3.75. The summed E-state index contributed by atoms with van der Waals surface area (Å²) in [5, 5.41) is 3.11. The first-order valence-electron chi connectivity index (χ1n) is 10.7. The Morgan fingerprint density at radius 2 is 1.77 bits per heavy atom. The number of hydrogen-bond donors (Lipinski definition) is 1. The van der Waals surface area contributed by atoms with Gasteiger partial charge in [-0.25, -0.2) is 4.98 Å². The maximum atomic E-state index is 12.9. The summed E-state index contributed by atoms with van der Waals surface area (Å²) in [6.07, 6.45) is 5.67. The number of pyridine rings is 1. The Morgan fingerprint density at radius 1 is 1.03 bits per heavy atom. The highest BCUT2D eigenvalue weighted by Gasteiger charge is 2.13. The molecule has 5 heteroatoms. The number of aryl methyl sites for hydroxylation is 3. The Kier molecular flexibility index (Phi) is 6.03. The maximum Gasteiger partial charge on any atom is 0.255 e. The molecule has 31 heavy (non-hydrogen) atoms. The van der Waals surface area contributed by atoms with E-state index in [0.717, 1.165) is 46.6 Å². The zero-order chi connectivity index (χ0) is 21.8. The van der Waals surface area contributed by atoms with Crippen LogP contribution in [0.25, 0.3) is 5.65 Å². The van der Waals surface area contributed by atoms with E-state index in [9.17, 15) is 4.79 Å². The highest BCUT2D eigenvalue weighted by atomic mass is 16.5. The Bertz CT molecular complexity index is 1200. The van der Waals surface area contributed by atoms with Crippen LogP contribution >= 0.6 is 0 Å². The van der Waals surface area contributed by atoms with Crippen LogP contribution in [-0.2, 0) is 19.4 Å². The van der Waals surface area contributed by atoms with Crippen LogP contribution in [0.3, 0.4) is 0 Å². The first-order chi connectivity index (χ1) is 15.1. The molecule has 0 spiro atoms. The van der Waals surface area contributed by atoms with Crippen molar-refractivity contribution in [2.75, 3.05) is 5.32 Å². The van der Waals surface area contributed by atoms with Gasteiger partial charge in [0.25, 0.3) is 5.91 Å². The van der Waals surface area contributed by atoms with Gasteiger partial charge in [0, 0.05) is 23.6 Å². The second-order valence-corrected chi connectivity index (χ2v) is 7.58. The lowest BCUT2D eigenvalue weighted by atomic mass is 10.0. The zero-order valence-corrected chi connectivity index (χ0v) is 18.2. The maximum absolute atomic E-state index is 12.9. The number of carbonyl (C=O) groups is 1. The quantitative estimate of drug-likeness (QED) is 0.429. The number of rotatable bonds is 7. The number of para-hydroxylation sites is 1. The highest BCUT2D eigenvalue weighted by molar-refractivity contribution is 6.05. The number of hydrogen-bond acceptors (Lipinski definition) is 3. The van der Waals surface area contributed by atoms with Crippen LogP contribution in [0.2, 0.25) is 0 Å². The van der Waals surface area contributed by atoms with E-state index >= 15 is 0 Å². The molecule has 0 bridgehead atoms. The molecule has 0 aliphatic heterocycles. The summed E-state index contributed by atoms with van der Waals surface area (Å²) in [6, 6.07) is 17.5. The molecule has 0 radical (unpaired) electrons. The molecule has 2 heterocycles. The standard InChI is InChI=1S/C26H27N3O2/c1-4-19-10-6-11-20(5-2)24(19)28-26(30)21-12-7-13-23(15-21)31-17-22-16-29-14-8-9-18(3)25(29)27-22/h6-16H,4-5,17H2,1-3H3,(H,28,30). The van der Waals surface area contributed by atoms with E-state index < -0.39 is 0 Å². The molecular weight excluding hydrogens is 386 g/mol. The van der Waals surface area contributed by atoms with Crippen molar-refractivity contribution in [2.45, 2.75) is 40.2 Å². The molecule has 1 amide bonds. The molecule has 0 atom stereocenters. The van der Waals surface area contributed by atoms with Gasteiger partial charge in [0.1, 0.15) is 18.0 Å². The van der Waals surface area contributed by atoms with Gasteiger partial charge in [0.15, 0.2) is 0 Å². The minimum Gasteiger partial charge on any atom is -0.487 e. The third-order valence-corrected chi connectivity index (χ3v) is 5.45. The van der Waals surface area contributed by atoms with E-state index in [1.165, 1.54) is 0 Å². The molecule has 1 N–H and O–H groups in total. The van der Waals surface area contributed by atoms with Gasteiger partial charge in [-0.3, -0.25) is 4.79 Å². The summed E-state index contributed by atoms with van der Waals surface area (Å²) >= 11 is 0. The summed E-state index contributed by atoms with van der Waals surface area (Å²) in [4.78, 5) is 17.6. The van der Waals surface area contributed by atoms with E-state index in [1.807, 2.05) is 54.0 Å². The molecule has 0 saturated carbocycles. The smallest absolute Gasteiger partial charge is 0.255 e. The number of amides is 1. The number of aromatic nitrogens is 2. The molecule has 0 unspecified atom stereocenters. The lowest BCUT2D eigenvalue weighted by molar-refractivity contribution is 0.102. The van der Waals surface area contributed by atoms with Crippen LogP contribution < -0.4 is 10.1 Å². The first kappa shape index (κ1) is 20.7. The Labute approximate surface area is 182 Å². The van der Waals surface area contributed by atoms with Crippen LogP contribution in [0, 0.1) is 6.92 Å². The summed E-state index contributed by atoms with van der Waals surface area (Å²) in [7, 11) is 0. The minimum absolute atomic E-state index is 0.135. The lowest BCUT2D eigenvalue weighted by Crippen LogP contribution is -2.15.